The van der Waals surface area contributed by atoms with Crippen LogP contribution in [0.4, 0.5) is 0 Å². The largest absolute Gasteiger partial charge is 0.380 e. The highest BCUT2D eigenvalue weighted by Crippen LogP contribution is 2.23. The van der Waals surface area contributed by atoms with Crippen LogP contribution in [0.15, 0.2) is 30.3 Å². The van der Waals surface area contributed by atoms with E-state index >= 15 is 0 Å². The van der Waals surface area contributed by atoms with Crippen LogP contribution in [0, 0.1) is 5.92 Å². The van der Waals surface area contributed by atoms with E-state index in [1.54, 1.807) is 0 Å². The van der Waals surface area contributed by atoms with Crippen LogP contribution in [0.3, 0.4) is 0 Å². The van der Waals surface area contributed by atoms with E-state index in [4.69, 9.17) is 4.74 Å². The molecule has 4 heteroatoms. The van der Waals surface area contributed by atoms with Crippen molar-refractivity contribution in [3.63, 3.8) is 0 Å². The molecule has 0 spiro atoms. The Balaban J connectivity index is 0.00000133. The molecular weight excluding hydrogens is 260 g/mol. The number of nitrogens with one attached hydrogen (secondary N) is 1. The summed E-state index contributed by atoms with van der Waals surface area (Å²) in [4.78, 5) is 2.60. The van der Waals surface area contributed by atoms with Gasteiger partial charge in [-0.3, -0.25) is 4.90 Å². The van der Waals surface area contributed by atoms with Gasteiger partial charge in [0.1, 0.15) is 0 Å². The first-order chi connectivity index (χ1) is 8.93. The summed E-state index contributed by atoms with van der Waals surface area (Å²) >= 11 is 0. The smallest absolute Gasteiger partial charge is 0.0593 e. The summed E-state index contributed by atoms with van der Waals surface area (Å²) in [5.74, 6) is 0.706. The fourth-order valence-corrected chi connectivity index (χ4v) is 3.11. The Labute approximate surface area is 121 Å². The Morgan fingerprint density at radius 3 is 2.95 bits per heavy atom. The molecule has 2 fully saturated rings. The summed E-state index contributed by atoms with van der Waals surface area (Å²) in [6.07, 6.45) is 1.25. The van der Waals surface area contributed by atoms with Gasteiger partial charge >= 0.3 is 0 Å². The maximum absolute atomic E-state index is 5.76. The molecule has 0 aliphatic carbocycles. The van der Waals surface area contributed by atoms with Crippen LogP contribution < -0.4 is 5.32 Å². The number of piperidine rings is 1. The van der Waals surface area contributed by atoms with Gasteiger partial charge in [0, 0.05) is 31.6 Å². The minimum atomic E-state index is 0. The molecular formula is C15H23ClN2O. The van der Waals surface area contributed by atoms with Crippen LogP contribution in [0.1, 0.15) is 12.0 Å². The molecule has 0 saturated carbocycles. The van der Waals surface area contributed by atoms with Gasteiger partial charge in [0.05, 0.1) is 13.2 Å². The van der Waals surface area contributed by atoms with Crippen LogP contribution in [0.5, 0.6) is 0 Å². The summed E-state index contributed by atoms with van der Waals surface area (Å²) in [6, 6.07) is 11.4. The first-order valence-electron chi connectivity index (χ1n) is 7.00. The number of halogens is 1. The van der Waals surface area contributed by atoms with Crippen molar-refractivity contribution in [2.75, 3.05) is 32.8 Å². The van der Waals surface area contributed by atoms with Gasteiger partial charge in [0.25, 0.3) is 0 Å². The van der Waals surface area contributed by atoms with E-state index in [2.05, 4.69) is 40.5 Å². The highest BCUT2D eigenvalue weighted by atomic mass is 35.5. The lowest BCUT2D eigenvalue weighted by Crippen LogP contribution is -2.51. The third kappa shape index (κ3) is 3.69. The summed E-state index contributed by atoms with van der Waals surface area (Å²) in [5.41, 5.74) is 1.41. The van der Waals surface area contributed by atoms with Crippen LogP contribution in [0.2, 0.25) is 0 Å². The number of rotatable bonds is 2. The van der Waals surface area contributed by atoms with Crippen molar-refractivity contribution in [1.29, 1.82) is 0 Å². The number of hydrogen-bond donors (Lipinski definition) is 1. The monoisotopic (exact) mass is 282 g/mol. The summed E-state index contributed by atoms with van der Waals surface area (Å²) < 4.78 is 5.76. The van der Waals surface area contributed by atoms with E-state index in [0.29, 0.717) is 12.0 Å². The molecule has 0 radical (unpaired) electrons. The zero-order chi connectivity index (χ0) is 12.2. The molecule has 2 heterocycles. The van der Waals surface area contributed by atoms with E-state index in [-0.39, 0.29) is 12.4 Å². The van der Waals surface area contributed by atoms with Gasteiger partial charge in [-0.05, 0) is 18.5 Å². The molecule has 0 unspecified atom stereocenters. The molecule has 0 bridgehead atoms. The topological polar surface area (TPSA) is 24.5 Å². The molecule has 1 N–H and O–H groups in total. The first kappa shape index (κ1) is 14.8. The first-order valence-corrected chi connectivity index (χ1v) is 7.00. The minimum absolute atomic E-state index is 0. The Kier molecular flexibility index (Phi) is 5.64. The predicted molar refractivity (Wildman–Crippen MR) is 79.7 cm³/mol. The van der Waals surface area contributed by atoms with Crippen molar-refractivity contribution in [3.05, 3.63) is 35.9 Å². The van der Waals surface area contributed by atoms with Gasteiger partial charge in [-0.15, -0.1) is 12.4 Å². The number of benzene rings is 1. The SMILES string of the molecule is Cl.c1ccc(CN2CCOC[C@H]3CCNC[C@H]32)cc1. The molecule has 1 aromatic carbocycles. The van der Waals surface area contributed by atoms with Crippen molar-refractivity contribution < 1.29 is 4.74 Å². The molecule has 106 valence electrons. The van der Waals surface area contributed by atoms with Crippen molar-refractivity contribution >= 4 is 12.4 Å². The Morgan fingerprint density at radius 2 is 2.11 bits per heavy atom. The molecule has 1 aromatic rings. The predicted octanol–water partition coefficient (Wildman–Crippen LogP) is 1.92. The third-order valence-electron chi connectivity index (χ3n) is 4.14. The standard InChI is InChI=1S/C15H22N2O.ClH/c1-2-4-13(5-3-1)11-17-8-9-18-12-14-6-7-16-10-15(14)17;/h1-5,14-16H,6-12H2;1H/t14-,15-;/m1./s1. The van der Waals surface area contributed by atoms with E-state index in [0.717, 1.165) is 39.4 Å². The maximum atomic E-state index is 5.76. The number of hydrogen-bond acceptors (Lipinski definition) is 3. The van der Waals surface area contributed by atoms with Crippen molar-refractivity contribution in [2.45, 2.75) is 19.0 Å². The second kappa shape index (κ2) is 7.25. The molecule has 3 nitrogen and oxygen atoms in total. The molecule has 0 aromatic heterocycles. The van der Waals surface area contributed by atoms with Gasteiger partial charge < -0.3 is 10.1 Å². The highest BCUT2D eigenvalue weighted by molar-refractivity contribution is 5.85. The van der Waals surface area contributed by atoms with Crippen LogP contribution >= 0.6 is 12.4 Å². The summed E-state index contributed by atoms with van der Waals surface area (Å²) in [6.45, 7) is 6.17. The lowest BCUT2D eigenvalue weighted by Gasteiger charge is -2.37. The average Bonchev–Trinajstić information content (AvgIpc) is 2.63. The fourth-order valence-electron chi connectivity index (χ4n) is 3.11. The fraction of sp³-hybridized carbons (Fsp3) is 0.600. The molecule has 3 rings (SSSR count). The molecule has 0 amide bonds. The van der Waals surface area contributed by atoms with Gasteiger partial charge in [0.15, 0.2) is 0 Å². The Bertz CT molecular complexity index is 374. The lowest BCUT2D eigenvalue weighted by atomic mass is 9.92. The van der Waals surface area contributed by atoms with Crippen LogP contribution in [-0.2, 0) is 11.3 Å². The molecule has 2 atom stereocenters. The van der Waals surface area contributed by atoms with E-state index in [9.17, 15) is 0 Å². The van der Waals surface area contributed by atoms with Crippen molar-refractivity contribution in [1.82, 2.24) is 10.2 Å². The quantitative estimate of drug-likeness (QED) is 0.897. The van der Waals surface area contributed by atoms with Crippen molar-refractivity contribution in [2.24, 2.45) is 5.92 Å². The van der Waals surface area contributed by atoms with Gasteiger partial charge in [-0.2, -0.15) is 0 Å². The number of fused-ring (bicyclic) bond motifs is 1. The number of ether oxygens (including phenoxy) is 1. The van der Waals surface area contributed by atoms with Gasteiger partial charge in [-0.25, -0.2) is 0 Å². The minimum Gasteiger partial charge on any atom is -0.380 e. The van der Waals surface area contributed by atoms with Gasteiger partial charge in [-0.1, -0.05) is 30.3 Å². The summed E-state index contributed by atoms with van der Waals surface area (Å²) in [5, 5.41) is 3.53. The van der Waals surface area contributed by atoms with E-state index in [1.165, 1.54) is 12.0 Å². The highest BCUT2D eigenvalue weighted by Gasteiger charge is 2.32. The molecule has 2 aliphatic heterocycles. The Hall–Kier alpha value is -0.610. The number of nitrogens with zero attached hydrogens (tertiary/aromatic N) is 1. The van der Waals surface area contributed by atoms with Crippen molar-refractivity contribution in [3.8, 4) is 0 Å². The zero-order valence-corrected chi connectivity index (χ0v) is 12.1. The molecule has 2 saturated heterocycles. The second-order valence-electron chi connectivity index (χ2n) is 5.35. The normalized spacial score (nSPS) is 28.0. The Morgan fingerprint density at radius 1 is 1.26 bits per heavy atom. The van der Waals surface area contributed by atoms with Crippen LogP contribution in [0.25, 0.3) is 0 Å². The zero-order valence-electron chi connectivity index (χ0n) is 11.3. The average molecular weight is 283 g/mol. The van der Waals surface area contributed by atoms with Crippen LogP contribution in [-0.4, -0.2) is 43.8 Å². The van der Waals surface area contributed by atoms with Gasteiger partial charge in [0.2, 0.25) is 0 Å². The third-order valence-corrected chi connectivity index (χ3v) is 4.14. The van der Waals surface area contributed by atoms with E-state index < -0.39 is 0 Å². The lowest BCUT2D eigenvalue weighted by molar-refractivity contribution is 0.0991. The molecule has 2 aliphatic rings. The van der Waals surface area contributed by atoms with E-state index in [1.807, 2.05) is 0 Å². The summed E-state index contributed by atoms with van der Waals surface area (Å²) in [7, 11) is 0. The maximum Gasteiger partial charge on any atom is 0.0593 e. The molecule has 19 heavy (non-hydrogen) atoms. The second-order valence-corrected chi connectivity index (χ2v) is 5.35.